The summed E-state index contributed by atoms with van der Waals surface area (Å²) in [7, 11) is -3.42. The van der Waals surface area contributed by atoms with E-state index in [0.717, 1.165) is 24.3 Å². The maximum Gasteiger partial charge on any atom is 0.250 e. The highest BCUT2D eigenvalue weighted by Gasteiger charge is 2.29. The monoisotopic (exact) mass is 330 g/mol. The maximum absolute atomic E-state index is 12.4. The molecule has 0 radical (unpaired) electrons. The van der Waals surface area contributed by atoms with Crippen molar-refractivity contribution in [3.63, 3.8) is 0 Å². The van der Waals surface area contributed by atoms with Crippen molar-refractivity contribution in [3.05, 3.63) is 17.0 Å². The van der Waals surface area contributed by atoms with Crippen LogP contribution in [0.4, 0.5) is 0 Å². The largest absolute Gasteiger partial charge is 0.377 e. The molecule has 2 atom stereocenters. The molecule has 0 spiro atoms. The first-order valence-corrected chi connectivity index (χ1v) is 9.80. The van der Waals surface area contributed by atoms with Gasteiger partial charge in [0.2, 0.25) is 10.0 Å². The van der Waals surface area contributed by atoms with Gasteiger partial charge in [0.25, 0.3) is 0 Å². The predicted molar refractivity (Wildman–Crippen MR) is 83.2 cm³/mol. The van der Waals surface area contributed by atoms with Crippen LogP contribution in [0.1, 0.15) is 31.1 Å². The molecule has 0 aromatic carbocycles. The smallest absolute Gasteiger partial charge is 0.250 e. The van der Waals surface area contributed by atoms with Gasteiger partial charge in [0.1, 0.15) is 4.21 Å². The summed E-state index contributed by atoms with van der Waals surface area (Å²) in [4.78, 5) is 1.11. The fourth-order valence-electron chi connectivity index (χ4n) is 2.47. The highest BCUT2D eigenvalue weighted by molar-refractivity contribution is 7.91. The van der Waals surface area contributed by atoms with E-state index in [-0.39, 0.29) is 12.1 Å². The van der Waals surface area contributed by atoms with E-state index in [1.807, 2.05) is 13.0 Å². The quantitative estimate of drug-likeness (QED) is 0.795. The van der Waals surface area contributed by atoms with Crippen molar-refractivity contribution in [2.24, 2.45) is 0 Å². The minimum Gasteiger partial charge on any atom is -0.377 e. The van der Waals surface area contributed by atoms with Gasteiger partial charge >= 0.3 is 0 Å². The van der Waals surface area contributed by atoms with Crippen LogP contribution in [0.5, 0.6) is 0 Å². The van der Waals surface area contributed by atoms with E-state index < -0.39 is 10.0 Å². The van der Waals surface area contributed by atoms with E-state index in [1.54, 1.807) is 6.07 Å². The van der Waals surface area contributed by atoms with Gasteiger partial charge in [-0.25, -0.2) is 13.1 Å². The van der Waals surface area contributed by atoms with Crippen molar-refractivity contribution in [3.8, 4) is 0 Å². The average Bonchev–Trinajstić information content (AvgIpc) is 2.97. The lowest BCUT2D eigenvalue weighted by Crippen LogP contribution is -2.38. The van der Waals surface area contributed by atoms with Crippen molar-refractivity contribution in [1.29, 1.82) is 0 Å². The highest BCUT2D eigenvalue weighted by atomic mass is 32.2. The number of ether oxygens (including phenoxy) is 1. The molecule has 2 N–H and O–H groups in total. The molecule has 7 heteroatoms. The third kappa shape index (κ3) is 4.04. The molecule has 1 aliphatic heterocycles. The van der Waals surface area contributed by atoms with Crippen molar-refractivity contribution >= 4 is 21.4 Å². The molecule has 5 nitrogen and oxygen atoms in total. The number of thiophene rings is 1. The second kappa shape index (κ2) is 6.34. The predicted octanol–water partition coefficient (Wildman–Crippen LogP) is 1.50. The van der Waals surface area contributed by atoms with Gasteiger partial charge in [-0.2, -0.15) is 0 Å². The fourth-order valence-corrected chi connectivity index (χ4v) is 5.18. The minimum atomic E-state index is -3.42. The Morgan fingerprint density at radius 1 is 1.33 bits per heavy atom. The van der Waals surface area contributed by atoms with Crippen LogP contribution < -0.4 is 10.0 Å². The molecule has 2 aliphatic rings. The van der Waals surface area contributed by atoms with Gasteiger partial charge in [-0.1, -0.05) is 0 Å². The minimum absolute atomic E-state index is 0.0538. The highest BCUT2D eigenvalue weighted by Crippen LogP contribution is 2.24. The van der Waals surface area contributed by atoms with Crippen LogP contribution in [-0.4, -0.2) is 39.8 Å². The van der Waals surface area contributed by atoms with Crippen LogP contribution in [0.3, 0.4) is 0 Å². The number of hydrogen-bond donors (Lipinski definition) is 2. The van der Waals surface area contributed by atoms with E-state index in [9.17, 15) is 8.42 Å². The zero-order valence-electron chi connectivity index (χ0n) is 12.2. The van der Waals surface area contributed by atoms with E-state index in [4.69, 9.17) is 4.74 Å². The summed E-state index contributed by atoms with van der Waals surface area (Å²) < 4.78 is 33.3. The molecule has 2 fully saturated rings. The topological polar surface area (TPSA) is 67.4 Å². The molecule has 118 valence electrons. The van der Waals surface area contributed by atoms with Crippen molar-refractivity contribution in [2.45, 2.75) is 55.0 Å². The number of rotatable bonds is 7. The van der Waals surface area contributed by atoms with E-state index in [0.29, 0.717) is 16.9 Å². The Morgan fingerprint density at radius 3 is 2.81 bits per heavy atom. The second-order valence-electron chi connectivity index (χ2n) is 5.79. The van der Waals surface area contributed by atoms with Crippen molar-refractivity contribution < 1.29 is 13.2 Å². The third-order valence-corrected chi connectivity index (χ3v) is 7.09. The molecular formula is C14H22N2O3S2. The summed E-state index contributed by atoms with van der Waals surface area (Å²) in [5.41, 5.74) is 0. The van der Waals surface area contributed by atoms with Crippen LogP contribution in [0.15, 0.2) is 16.3 Å². The Morgan fingerprint density at radius 2 is 2.14 bits per heavy atom. The maximum atomic E-state index is 12.4. The number of hydrogen-bond acceptors (Lipinski definition) is 5. The Hall–Kier alpha value is -0.470. The summed E-state index contributed by atoms with van der Waals surface area (Å²) in [6.07, 6.45) is 4.12. The van der Waals surface area contributed by atoms with Gasteiger partial charge in [0.15, 0.2) is 0 Å². The molecule has 1 saturated heterocycles. The second-order valence-corrected chi connectivity index (χ2v) is 8.90. The molecule has 1 aromatic rings. The van der Waals surface area contributed by atoms with E-state index in [1.165, 1.54) is 24.2 Å². The van der Waals surface area contributed by atoms with Crippen molar-refractivity contribution in [1.82, 2.24) is 10.0 Å². The van der Waals surface area contributed by atoms with Gasteiger partial charge in [0.05, 0.1) is 12.1 Å². The van der Waals surface area contributed by atoms with Crippen LogP contribution >= 0.6 is 11.3 Å². The summed E-state index contributed by atoms with van der Waals surface area (Å²) in [5, 5.41) is 3.44. The Labute approximate surface area is 130 Å². The SMILES string of the molecule is CC1OCCC1NS(=O)(=O)c1ccc(CCNC2CC2)s1. The number of sulfonamides is 1. The van der Waals surface area contributed by atoms with E-state index >= 15 is 0 Å². The Bertz CT molecular complexity index is 581. The van der Waals surface area contributed by atoms with Crippen LogP contribution in [0.25, 0.3) is 0 Å². The lowest BCUT2D eigenvalue weighted by molar-refractivity contribution is 0.117. The molecule has 2 heterocycles. The van der Waals surface area contributed by atoms with Crippen LogP contribution in [-0.2, 0) is 21.2 Å². The lowest BCUT2D eigenvalue weighted by atomic mass is 10.2. The lowest BCUT2D eigenvalue weighted by Gasteiger charge is -2.15. The molecule has 2 unspecified atom stereocenters. The summed E-state index contributed by atoms with van der Waals surface area (Å²) in [6, 6.07) is 4.21. The summed E-state index contributed by atoms with van der Waals surface area (Å²) in [6.45, 7) is 3.45. The van der Waals surface area contributed by atoms with Crippen molar-refractivity contribution in [2.75, 3.05) is 13.2 Å². The zero-order chi connectivity index (χ0) is 14.9. The van der Waals surface area contributed by atoms with E-state index in [2.05, 4.69) is 10.0 Å². The fraction of sp³-hybridized carbons (Fsp3) is 0.714. The van der Waals surface area contributed by atoms with Gasteiger partial charge in [-0.3, -0.25) is 0 Å². The molecule has 1 saturated carbocycles. The van der Waals surface area contributed by atoms with Crippen LogP contribution in [0, 0.1) is 0 Å². The molecular weight excluding hydrogens is 308 g/mol. The summed E-state index contributed by atoms with van der Waals surface area (Å²) in [5.74, 6) is 0. The molecule has 0 bridgehead atoms. The zero-order valence-corrected chi connectivity index (χ0v) is 13.8. The van der Waals surface area contributed by atoms with Gasteiger partial charge in [-0.15, -0.1) is 11.3 Å². The molecule has 0 amide bonds. The normalized spacial score (nSPS) is 26.3. The molecule has 3 rings (SSSR count). The summed E-state index contributed by atoms with van der Waals surface area (Å²) >= 11 is 1.37. The standard InChI is InChI=1S/C14H22N2O3S2/c1-10-13(7-9-19-10)16-21(17,18)14-5-4-12(20-14)6-8-15-11-2-3-11/h4-5,10-11,13,15-16H,2-3,6-9H2,1H3. The van der Waals surface area contributed by atoms with Crippen LogP contribution in [0.2, 0.25) is 0 Å². The van der Waals surface area contributed by atoms with Gasteiger partial charge < -0.3 is 10.1 Å². The average molecular weight is 330 g/mol. The molecule has 1 aromatic heterocycles. The number of nitrogens with one attached hydrogen (secondary N) is 2. The Kier molecular flexibility index (Phi) is 4.66. The first-order valence-electron chi connectivity index (χ1n) is 7.50. The third-order valence-electron chi connectivity index (χ3n) is 3.97. The molecule has 21 heavy (non-hydrogen) atoms. The molecule has 1 aliphatic carbocycles. The first kappa shape index (κ1) is 15.4. The van der Waals surface area contributed by atoms with Gasteiger partial charge in [-0.05, 0) is 44.7 Å². The Balaban J connectivity index is 1.57. The first-order chi connectivity index (χ1) is 10.0. The van der Waals surface area contributed by atoms with Gasteiger partial charge in [0, 0.05) is 24.1 Å².